The van der Waals surface area contributed by atoms with Gasteiger partial charge in [0.25, 0.3) is 0 Å². The van der Waals surface area contributed by atoms with E-state index in [1.165, 1.54) is 30.6 Å². The van der Waals surface area contributed by atoms with Crippen molar-refractivity contribution in [3.05, 3.63) is 18.0 Å². The fraction of sp³-hybridized carbons (Fsp3) is 0.714. The zero-order valence-corrected chi connectivity index (χ0v) is 12.2. The monoisotopic (exact) mass is 280 g/mol. The minimum Gasteiger partial charge on any atom is -0.392 e. The van der Waals surface area contributed by atoms with Crippen molar-refractivity contribution in [2.75, 3.05) is 13.6 Å². The van der Waals surface area contributed by atoms with Crippen molar-refractivity contribution in [2.45, 2.75) is 51.3 Å². The molecule has 112 valence electrons. The highest BCUT2D eigenvalue weighted by atomic mass is 16.3. The summed E-state index contributed by atoms with van der Waals surface area (Å²) in [5, 5.41) is 16.6. The minimum absolute atomic E-state index is 0.193. The molecule has 1 aliphatic carbocycles. The van der Waals surface area contributed by atoms with Crippen LogP contribution in [0.25, 0.3) is 0 Å². The lowest BCUT2D eigenvalue weighted by Crippen LogP contribution is -2.40. The van der Waals surface area contributed by atoms with Crippen molar-refractivity contribution in [3.63, 3.8) is 0 Å². The molecule has 0 saturated heterocycles. The van der Waals surface area contributed by atoms with Gasteiger partial charge >= 0.3 is 6.03 Å². The third kappa shape index (κ3) is 3.96. The molecule has 0 aliphatic heterocycles. The molecule has 1 saturated carbocycles. The molecule has 6 heteroatoms. The molecule has 2 rings (SSSR count). The Balaban J connectivity index is 1.80. The maximum absolute atomic E-state index is 11.8. The van der Waals surface area contributed by atoms with Gasteiger partial charge in [0.15, 0.2) is 0 Å². The average Bonchev–Trinajstić information content (AvgIpc) is 3.05. The zero-order chi connectivity index (χ0) is 14.5. The number of hydrogen-bond donors (Lipinski definition) is 2. The summed E-state index contributed by atoms with van der Waals surface area (Å²) in [6.45, 7) is 2.40. The molecule has 0 aromatic carbocycles. The summed E-state index contributed by atoms with van der Waals surface area (Å²) in [6.07, 6.45) is 6.43. The van der Waals surface area contributed by atoms with Gasteiger partial charge in [-0.05, 0) is 25.8 Å². The molecule has 1 aliphatic rings. The SMILES string of the molecule is CC(O)CN(C)C(=O)NCc1ccn(C2CCCC2)n1. The van der Waals surface area contributed by atoms with E-state index in [-0.39, 0.29) is 6.03 Å². The molecule has 1 heterocycles. The lowest BCUT2D eigenvalue weighted by molar-refractivity contribution is 0.143. The largest absolute Gasteiger partial charge is 0.392 e. The molecule has 0 bridgehead atoms. The van der Waals surface area contributed by atoms with Crippen molar-refractivity contribution < 1.29 is 9.90 Å². The zero-order valence-electron chi connectivity index (χ0n) is 12.2. The Morgan fingerprint density at radius 3 is 2.95 bits per heavy atom. The van der Waals surface area contributed by atoms with E-state index < -0.39 is 6.10 Å². The molecule has 2 amide bonds. The summed E-state index contributed by atoms with van der Waals surface area (Å²) in [4.78, 5) is 13.3. The maximum atomic E-state index is 11.8. The van der Waals surface area contributed by atoms with Crippen molar-refractivity contribution in [1.82, 2.24) is 20.0 Å². The topological polar surface area (TPSA) is 70.4 Å². The summed E-state index contributed by atoms with van der Waals surface area (Å²) in [6, 6.07) is 2.28. The standard InChI is InChI=1S/C14H24N4O2/c1-11(19)10-17(2)14(20)15-9-12-7-8-18(16-12)13-5-3-4-6-13/h7-8,11,13,19H,3-6,9-10H2,1-2H3,(H,15,20). The highest BCUT2D eigenvalue weighted by Gasteiger charge is 2.17. The van der Waals surface area contributed by atoms with Crippen LogP contribution in [0.4, 0.5) is 4.79 Å². The fourth-order valence-electron chi connectivity index (χ4n) is 2.62. The van der Waals surface area contributed by atoms with Crippen LogP contribution in [-0.2, 0) is 6.54 Å². The first-order chi connectivity index (χ1) is 9.56. The van der Waals surface area contributed by atoms with E-state index in [9.17, 15) is 9.90 Å². The third-order valence-corrected chi connectivity index (χ3v) is 3.67. The van der Waals surface area contributed by atoms with Gasteiger partial charge in [0, 0.05) is 19.8 Å². The van der Waals surface area contributed by atoms with E-state index in [1.54, 1.807) is 14.0 Å². The number of carbonyl (C=O) groups excluding carboxylic acids is 1. The van der Waals surface area contributed by atoms with Gasteiger partial charge in [-0.1, -0.05) is 12.8 Å². The van der Waals surface area contributed by atoms with Crippen molar-refractivity contribution in [1.29, 1.82) is 0 Å². The Kier molecular flexibility index (Phi) is 5.00. The molecule has 1 fully saturated rings. The smallest absolute Gasteiger partial charge is 0.317 e. The van der Waals surface area contributed by atoms with E-state index in [0.717, 1.165) is 5.69 Å². The summed E-state index contributed by atoms with van der Waals surface area (Å²) in [5.41, 5.74) is 0.871. The van der Waals surface area contributed by atoms with Crippen LogP contribution in [0.2, 0.25) is 0 Å². The van der Waals surface area contributed by atoms with E-state index >= 15 is 0 Å². The van der Waals surface area contributed by atoms with E-state index in [2.05, 4.69) is 10.4 Å². The highest BCUT2D eigenvalue weighted by Crippen LogP contribution is 2.28. The second kappa shape index (κ2) is 6.74. The first-order valence-corrected chi connectivity index (χ1v) is 7.27. The van der Waals surface area contributed by atoms with Gasteiger partial charge in [-0.25, -0.2) is 4.79 Å². The summed E-state index contributed by atoms with van der Waals surface area (Å²) < 4.78 is 2.02. The van der Waals surface area contributed by atoms with Gasteiger partial charge in [0.2, 0.25) is 0 Å². The van der Waals surface area contributed by atoms with Gasteiger partial charge in [-0.3, -0.25) is 4.68 Å². The molecule has 0 spiro atoms. The first kappa shape index (κ1) is 14.8. The van der Waals surface area contributed by atoms with E-state index in [4.69, 9.17) is 0 Å². The van der Waals surface area contributed by atoms with Gasteiger partial charge < -0.3 is 15.3 Å². The molecule has 0 radical (unpaired) electrons. The van der Waals surface area contributed by atoms with Gasteiger partial charge in [-0.15, -0.1) is 0 Å². The number of nitrogens with zero attached hydrogens (tertiary/aromatic N) is 3. The normalized spacial score (nSPS) is 17.1. The van der Waals surface area contributed by atoms with Gasteiger partial charge in [0.1, 0.15) is 0 Å². The fourth-order valence-corrected chi connectivity index (χ4v) is 2.62. The number of carbonyl (C=O) groups is 1. The molecular weight excluding hydrogens is 256 g/mol. The van der Waals surface area contributed by atoms with Crippen LogP contribution in [0.5, 0.6) is 0 Å². The predicted octanol–water partition coefficient (Wildman–Crippen LogP) is 1.52. The van der Waals surface area contributed by atoms with Gasteiger partial charge in [0.05, 0.1) is 24.4 Å². The van der Waals surface area contributed by atoms with Crippen LogP contribution >= 0.6 is 0 Å². The quantitative estimate of drug-likeness (QED) is 0.859. The Labute approximate surface area is 119 Å². The number of aliphatic hydroxyl groups is 1. The Hall–Kier alpha value is -1.56. The molecule has 1 aromatic heterocycles. The van der Waals surface area contributed by atoms with Crippen molar-refractivity contribution in [3.8, 4) is 0 Å². The van der Waals surface area contributed by atoms with Crippen LogP contribution in [0.15, 0.2) is 12.3 Å². The van der Waals surface area contributed by atoms with Crippen molar-refractivity contribution >= 4 is 6.03 Å². The summed E-state index contributed by atoms with van der Waals surface area (Å²) >= 11 is 0. The number of likely N-dealkylation sites (N-methyl/N-ethyl adjacent to an activating group) is 1. The number of aliphatic hydroxyl groups excluding tert-OH is 1. The minimum atomic E-state index is -0.521. The molecular formula is C14H24N4O2. The molecule has 1 atom stereocenters. The number of aromatic nitrogens is 2. The van der Waals surface area contributed by atoms with E-state index in [0.29, 0.717) is 19.1 Å². The number of urea groups is 1. The molecule has 1 aromatic rings. The lowest BCUT2D eigenvalue weighted by atomic mass is 10.3. The number of nitrogens with one attached hydrogen (secondary N) is 1. The Morgan fingerprint density at radius 1 is 1.60 bits per heavy atom. The maximum Gasteiger partial charge on any atom is 0.317 e. The average molecular weight is 280 g/mol. The van der Waals surface area contributed by atoms with Crippen LogP contribution in [-0.4, -0.2) is 45.5 Å². The summed E-state index contributed by atoms with van der Waals surface area (Å²) in [5.74, 6) is 0. The molecule has 6 nitrogen and oxygen atoms in total. The van der Waals surface area contributed by atoms with Gasteiger partial charge in [-0.2, -0.15) is 5.10 Å². The molecule has 1 unspecified atom stereocenters. The van der Waals surface area contributed by atoms with Crippen LogP contribution in [0, 0.1) is 0 Å². The second-order valence-electron chi connectivity index (χ2n) is 5.61. The predicted molar refractivity (Wildman–Crippen MR) is 76.3 cm³/mol. The lowest BCUT2D eigenvalue weighted by Gasteiger charge is -2.18. The summed E-state index contributed by atoms with van der Waals surface area (Å²) in [7, 11) is 1.67. The van der Waals surface area contributed by atoms with Crippen LogP contribution in [0.1, 0.15) is 44.3 Å². The van der Waals surface area contributed by atoms with Crippen LogP contribution < -0.4 is 5.32 Å². The first-order valence-electron chi connectivity index (χ1n) is 7.27. The molecule has 2 N–H and O–H groups in total. The third-order valence-electron chi connectivity index (χ3n) is 3.67. The number of rotatable bonds is 5. The number of hydrogen-bond acceptors (Lipinski definition) is 3. The highest BCUT2D eigenvalue weighted by molar-refractivity contribution is 5.73. The Bertz CT molecular complexity index is 438. The number of amides is 2. The Morgan fingerprint density at radius 2 is 2.30 bits per heavy atom. The van der Waals surface area contributed by atoms with E-state index in [1.807, 2.05) is 16.9 Å². The molecule has 20 heavy (non-hydrogen) atoms. The second-order valence-corrected chi connectivity index (χ2v) is 5.61. The van der Waals surface area contributed by atoms with Crippen LogP contribution in [0.3, 0.4) is 0 Å². The van der Waals surface area contributed by atoms with Crippen molar-refractivity contribution in [2.24, 2.45) is 0 Å².